The summed E-state index contributed by atoms with van der Waals surface area (Å²) < 4.78 is 0. The SMILES string of the molecule is CC(N)(C(=O)N1CCNC(=O)CC1)C1CC1. The third kappa shape index (κ3) is 2.19. The van der Waals surface area contributed by atoms with Crippen molar-refractivity contribution in [3.05, 3.63) is 0 Å². The molecule has 1 unspecified atom stereocenters. The summed E-state index contributed by atoms with van der Waals surface area (Å²) in [4.78, 5) is 25.1. The molecule has 0 aromatic carbocycles. The fourth-order valence-electron chi connectivity index (χ4n) is 2.17. The molecule has 1 aliphatic heterocycles. The van der Waals surface area contributed by atoms with Crippen LogP contribution in [0.15, 0.2) is 0 Å². The number of nitrogens with zero attached hydrogens (tertiary/aromatic N) is 1. The lowest BCUT2D eigenvalue weighted by Crippen LogP contribution is -2.55. The van der Waals surface area contributed by atoms with Gasteiger partial charge in [0.25, 0.3) is 0 Å². The molecule has 16 heavy (non-hydrogen) atoms. The lowest BCUT2D eigenvalue weighted by Gasteiger charge is -2.30. The third-order valence-electron chi connectivity index (χ3n) is 3.49. The summed E-state index contributed by atoms with van der Waals surface area (Å²) >= 11 is 0. The van der Waals surface area contributed by atoms with Gasteiger partial charge in [-0.2, -0.15) is 0 Å². The van der Waals surface area contributed by atoms with E-state index in [4.69, 9.17) is 5.73 Å². The summed E-state index contributed by atoms with van der Waals surface area (Å²) in [6.45, 7) is 3.41. The molecular formula is C11H19N3O2. The second-order valence-corrected chi connectivity index (χ2v) is 4.95. The summed E-state index contributed by atoms with van der Waals surface area (Å²) in [5, 5.41) is 2.75. The first-order valence-corrected chi connectivity index (χ1v) is 5.87. The van der Waals surface area contributed by atoms with Gasteiger partial charge in [-0.25, -0.2) is 0 Å². The smallest absolute Gasteiger partial charge is 0.242 e. The lowest BCUT2D eigenvalue weighted by molar-refractivity contribution is -0.137. The van der Waals surface area contributed by atoms with Gasteiger partial charge in [0.1, 0.15) is 0 Å². The molecule has 0 aromatic heterocycles. The fraction of sp³-hybridized carbons (Fsp3) is 0.818. The summed E-state index contributed by atoms with van der Waals surface area (Å²) in [6, 6.07) is 0. The molecule has 2 aliphatic rings. The van der Waals surface area contributed by atoms with Crippen molar-refractivity contribution in [1.29, 1.82) is 0 Å². The van der Waals surface area contributed by atoms with Crippen LogP contribution in [0, 0.1) is 5.92 Å². The number of nitrogens with two attached hydrogens (primary N) is 1. The summed E-state index contributed by atoms with van der Waals surface area (Å²) in [7, 11) is 0. The molecule has 1 saturated heterocycles. The minimum Gasteiger partial charge on any atom is -0.354 e. The van der Waals surface area contributed by atoms with E-state index in [1.54, 1.807) is 4.90 Å². The molecule has 0 spiro atoms. The number of carbonyl (C=O) groups excluding carboxylic acids is 2. The van der Waals surface area contributed by atoms with E-state index in [-0.39, 0.29) is 11.8 Å². The van der Waals surface area contributed by atoms with Gasteiger partial charge in [-0.1, -0.05) is 0 Å². The number of hydrogen-bond donors (Lipinski definition) is 2. The van der Waals surface area contributed by atoms with Crippen molar-refractivity contribution in [1.82, 2.24) is 10.2 Å². The Morgan fingerprint density at radius 2 is 2.19 bits per heavy atom. The van der Waals surface area contributed by atoms with Crippen molar-refractivity contribution in [3.63, 3.8) is 0 Å². The van der Waals surface area contributed by atoms with E-state index in [9.17, 15) is 9.59 Å². The van der Waals surface area contributed by atoms with E-state index in [0.717, 1.165) is 12.8 Å². The van der Waals surface area contributed by atoms with Crippen LogP contribution in [0.3, 0.4) is 0 Å². The van der Waals surface area contributed by atoms with Crippen LogP contribution in [0.1, 0.15) is 26.2 Å². The molecule has 0 aromatic rings. The predicted octanol–water partition coefficient (Wildman–Crippen LogP) is -0.538. The van der Waals surface area contributed by atoms with Gasteiger partial charge in [0.2, 0.25) is 11.8 Å². The zero-order chi connectivity index (χ0) is 11.8. The van der Waals surface area contributed by atoms with Crippen molar-refractivity contribution in [2.24, 2.45) is 11.7 Å². The minimum absolute atomic E-state index is 0.00787. The first-order chi connectivity index (χ1) is 7.51. The van der Waals surface area contributed by atoms with E-state index in [2.05, 4.69) is 5.32 Å². The highest BCUT2D eigenvalue weighted by Gasteiger charge is 2.45. The lowest BCUT2D eigenvalue weighted by atomic mass is 9.95. The second kappa shape index (κ2) is 4.05. The van der Waals surface area contributed by atoms with Crippen molar-refractivity contribution in [2.75, 3.05) is 19.6 Å². The maximum atomic E-state index is 12.2. The molecule has 1 atom stereocenters. The van der Waals surface area contributed by atoms with Crippen LogP contribution in [0.4, 0.5) is 0 Å². The topological polar surface area (TPSA) is 75.4 Å². The van der Waals surface area contributed by atoms with Crippen LogP contribution in [0.2, 0.25) is 0 Å². The number of amides is 2. The summed E-state index contributed by atoms with van der Waals surface area (Å²) in [5.74, 6) is 0.332. The van der Waals surface area contributed by atoms with E-state index in [1.807, 2.05) is 6.92 Å². The Bertz CT molecular complexity index is 310. The Morgan fingerprint density at radius 3 is 2.81 bits per heavy atom. The van der Waals surface area contributed by atoms with Crippen molar-refractivity contribution >= 4 is 11.8 Å². The molecule has 5 nitrogen and oxygen atoms in total. The maximum Gasteiger partial charge on any atom is 0.242 e. The van der Waals surface area contributed by atoms with Gasteiger partial charge < -0.3 is 16.0 Å². The van der Waals surface area contributed by atoms with E-state index < -0.39 is 5.54 Å². The van der Waals surface area contributed by atoms with Crippen LogP contribution in [-0.4, -0.2) is 41.9 Å². The quantitative estimate of drug-likeness (QED) is 0.663. The minimum atomic E-state index is -0.743. The van der Waals surface area contributed by atoms with Crippen LogP contribution < -0.4 is 11.1 Å². The van der Waals surface area contributed by atoms with Gasteiger partial charge in [0, 0.05) is 26.1 Å². The summed E-state index contributed by atoms with van der Waals surface area (Å²) in [5.41, 5.74) is 5.34. The monoisotopic (exact) mass is 225 g/mol. The Balaban J connectivity index is 2.00. The van der Waals surface area contributed by atoms with E-state index >= 15 is 0 Å². The van der Waals surface area contributed by atoms with Crippen LogP contribution in [0.25, 0.3) is 0 Å². The molecule has 3 N–H and O–H groups in total. The largest absolute Gasteiger partial charge is 0.354 e. The number of hydrogen-bond acceptors (Lipinski definition) is 3. The third-order valence-corrected chi connectivity index (χ3v) is 3.49. The molecular weight excluding hydrogens is 206 g/mol. The van der Waals surface area contributed by atoms with E-state index in [1.165, 1.54) is 0 Å². The summed E-state index contributed by atoms with van der Waals surface area (Å²) in [6.07, 6.45) is 2.47. The molecule has 1 saturated carbocycles. The first-order valence-electron chi connectivity index (χ1n) is 5.87. The van der Waals surface area contributed by atoms with Gasteiger partial charge in [0.05, 0.1) is 5.54 Å². The fourth-order valence-corrected chi connectivity index (χ4v) is 2.17. The Kier molecular flexibility index (Phi) is 2.88. The molecule has 90 valence electrons. The number of rotatable bonds is 2. The Labute approximate surface area is 95.3 Å². The first kappa shape index (κ1) is 11.4. The van der Waals surface area contributed by atoms with Crippen LogP contribution in [-0.2, 0) is 9.59 Å². The normalized spacial score (nSPS) is 25.6. The number of carbonyl (C=O) groups is 2. The van der Waals surface area contributed by atoms with Crippen LogP contribution >= 0.6 is 0 Å². The molecule has 2 fully saturated rings. The molecule has 2 rings (SSSR count). The molecule has 5 heteroatoms. The van der Waals surface area contributed by atoms with E-state index in [0.29, 0.717) is 32.0 Å². The highest BCUT2D eigenvalue weighted by Crippen LogP contribution is 2.38. The van der Waals surface area contributed by atoms with Gasteiger partial charge in [-0.15, -0.1) is 0 Å². The average molecular weight is 225 g/mol. The Hall–Kier alpha value is -1.10. The highest BCUT2D eigenvalue weighted by atomic mass is 16.2. The molecule has 1 aliphatic carbocycles. The van der Waals surface area contributed by atoms with Crippen LogP contribution in [0.5, 0.6) is 0 Å². The highest BCUT2D eigenvalue weighted by molar-refractivity contribution is 5.87. The van der Waals surface area contributed by atoms with Crippen molar-refractivity contribution in [2.45, 2.75) is 31.7 Å². The van der Waals surface area contributed by atoms with Crippen molar-refractivity contribution < 1.29 is 9.59 Å². The van der Waals surface area contributed by atoms with Crippen molar-refractivity contribution in [3.8, 4) is 0 Å². The molecule has 1 heterocycles. The zero-order valence-electron chi connectivity index (χ0n) is 9.66. The van der Waals surface area contributed by atoms with Gasteiger partial charge in [-0.3, -0.25) is 9.59 Å². The zero-order valence-corrected chi connectivity index (χ0v) is 9.66. The van der Waals surface area contributed by atoms with Gasteiger partial charge in [0.15, 0.2) is 0 Å². The molecule has 0 bridgehead atoms. The maximum absolute atomic E-state index is 12.2. The standard InChI is InChI=1S/C11H19N3O2/c1-11(12,8-2-3-8)10(16)14-6-4-9(15)13-5-7-14/h8H,2-7,12H2,1H3,(H,13,15). The predicted molar refractivity (Wildman–Crippen MR) is 59.5 cm³/mol. The second-order valence-electron chi connectivity index (χ2n) is 4.95. The molecule has 2 amide bonds. The molecule has 0 radical (unpaired) electrons. The van der Waals surface area contributed by atoms with Gasteiger partial charge in [-0.05, 0) is 25.7 Å². The number of nitrogens with one attached hydrogen (secondary N) is 1. The Morgan fingerprint density at radius 1 is 1.50 bits per heavy atom. The average Bonchev–Trinajstić information content (AvgIpc) is 3.03. The van der Waals surface area contributed by atoms with Gasteiger partial charge >= 0.3 is 0 Å².